The molecule has 5 heteroatoms. The minimum absolute atomic E-state index is 0.0212. The van der Waals surface area contributed by atoms with Gasteiger partial charge in [0.05, 0.1) is 11.9 Å². The maximum absolute atomic E-state index is 5.84. The first-order chi connectivity index (χ1) is 7.18. The molecule has 4 nitrogen and oxygen atoms in total. The zero-order chi connectivity index (χ0) is 10.8. The average molecular weight is 220 g/mol. The highest BCUT2D eigenvalue weighted by Gasteiger charge is 2.12. The Labute approximate surface area is 92.2 Å². The molecule has 0 aliphatic carbocycles. The first-order valence-electron chi connectivity index (χ1n) is 4.68. The minimum atomic E-state index is 0.0212. The van der Waals surface area contributed by atoms with Gasteiger partial charge in [-0.25, -0.2) is 4.98 Å². The van der Waals surface area contributed by atoms with E-state index < -0.39 is 0 Å². The molecular formula is C10H12N4S. The normalized spacial score (nSPS) is 12.7. The monoisotopic (exact) mass is 220 g/mol. The van der Waals surface area contributed by atoms with Gasteiger partial charge in [-0.2, -0.15) is 0 Å². The van der Waals surface area contributed by atoms with Gasteiger partial charge in [-0.15, -0.1) is 11.3 Å². The molecule has 1 unspecified atom stereocenters. The maximum Gasteiger partial charge on any atom is 0.144 e. The number of aryl methyl sites for hydroxylation is 1. The van der Waals surface area contributed by atoms with E-state index in [0.717, 1.165) is 21.3 Å². The summed E-state index contributed by atoms with van der Waals surface area (Å²) in [6, 6.07) is 0.0212. The summed E-state index contributed by atoms with van der Waals surface area (Å²) in [6.07, 6.45) is 5.03. The second-order valence-corrected chi connectivity index (χ2v) is 4.38. The smallest absolute Gasteiger partial charge is 0.144 e. The van der Waals surface area contributed by atoms with Gasteiger partial charge >= 0.3 is 0 Å². The van der Waals surface area contributed by atoms with Crippen molar-refractivity contribution >= 4 is 11.3 Å². The van der Waals surface area contributed by atoms with E-state index in [1.807, 2.05) is 13.8 Å². The third-order valence-electron chi connectivity index (χ3n) is 2.03. The molecule has 0 aliphatic rings. The number of rotatable bonds is 2. The van der Waals surface area contributed by atoms with E-state index in [1.165, 1.54) is 0 Å². The van der Waals surface area contributed by atoms with Gasteiger partial charge in [0.15, 0.2) is 0 Å². The second-order valence-electron chi connectivity index (χ2n) is 3.35. The van der Waals surface area contributed by atoms with Crippen LogP contribution in [0.3, 0.4) is 0 Å². The Bertz CT molecular complexity index is 450. The van der Waals surface area contributed by atoms with Crippen molar-refractivity contribution in [1.82, 2.24) is 15.0 Å². The summed E-state index contributed by atoms with van der Waals surface area (Å²) in [7, 11) is 0. The highest BCUT2D eigenvalue weighted by molar-refractivity contribution is 7.15. The van der Waals surface area contributed by atoms with Gasteiger partial charge in [-0.3, -0.25) is 9.97 Å². The molecule has 0 saturated carbocycles. The minimum Gasteiger partial charge on any atom is -0.323 e. The number of nitrogens with two attached hydrogens (primary N) is 1. The lowest BCUT2D eigenvalue weighted by atomic mass is 10.2. The van der Waals surface area contributed by atoms with Crippen LogP contribution in [0.5, 0.6) is 0 Å². The Hall–Kier alpha value is -1.33. The summed E-state index contributed by atoms with van der Waals surface area (Å²) in [6.45, 7) is 3.93. The fourth-order valence-electron chi connectivity index (χ4n) is 1.35. The average Bonchev–Trinajstić information content (AvgIpc) is 2.62. The Morgan fingerprint density at radius 1 is 1.40 bits per heavy atom. The molecule has 2 aromatic rings. The predicted octanol–water partition coefficient (Wildman–Crippen LogP) is 1.93. The molecule has 0 saturated heterocycles. The number of thiazole rings is 1. The van der Waals surface area contributed by atoms with Crippen LogP contribution in [0.25, 0.3) is 10.7 Å². The fourth-order valence-corrected chi connectivity index (χ4v) is 2.33. The van der Waals surface area contributed by atoms with E-state index in [9.17, 15) is 0 Å². The van der Waals surface area contributed by atoms with Crippen LogP contribution < -0.4 is 5.73 Å². The van der Waals surface area contributed by atoms with Gasteiger partial charge < -0.3 is 5.73 Å². The molecule has 0 fully saturated rings. The van der Waals surface area contributed by atoms with E-state index in [4.69, 9.17) is 5.73 Å². The molecule has 0 aliphatic heterocycles. The van der Waals surface area contributed by atoms with E-state index in [1.54, 1.807) is 29.9 Å². The molecule has 2 N–H and O–H groups in total. The van der Waals surface area contributed by atoms with Gasteiger partial charge in [0, 0.05) is 23.3 Å². The molecule has 1 atom stereocenters. The molecule has 0 radical (unpaired) electrons. The van der Waals surface area contributed by atoms with Gasteiger partial charge in [-0.05, 0) is 13.8 Å². The van der Waals surface area contributed by atoms with Crippen LogP contribution in [0, 0.1) is 6.92 Å². The largest absolute Gasteiger partial charge is 0.323 e. The summed E-state index contributed by atoms with van der Waals surface area (Å²) in [5, 5.41) is 0.882. The van der Waals surface area contributed by atoms with Crippen LogP contribution in [0.15, 0.2) is 18.6 Å². The standard InChI is InChI=1S/C10H12N4S/c1-6(11)9-7(2)14-10(15-9)8-5-12-3-4-13-8/h3-6H,11H2,1-2H3. The van der Waals surface area contributed by atoms with Crippen LogP contribution >= 0.6 is 11.3 Å². The molecule has 0 spiro atoms. The topological polar surface area (TPSA) is 64.7 Å². The number of nitrogens with zero attached hydrogens (tertiary/aromatic N) is 3. The number of aromatic nitrogens is 3. The lowest BCUT2D eigenvalue weighted by molar-refractivity contribution is 0.825. The zero-order valence-corrected chi connectivity index (χ0v) is 9.45. The van der Waals surface area contributed by atoms with Crippen molar-refractivity contribution < 1.29 is 0 Å². The Balaban J connectivity index is 2.43. The molecule has 2 heterocycles. The predicted molar refractivity (Wildman–Crippen MR) is 60.5 cm³/mol. The van der Waals surface area contributed by atoms with Gasteiger partial charge in [0.25, 0.3) is 0 Å². The highest BCUT2D eigenvalue weighted by atomic mass is 32.1. The summed E-state index contributed by atoms with van der Waals surface area (Å²) in [5.74, 6) is 0. The van der Waals surface area contributed by atoms with Crippen LogP contribution in [0.1, 0.15) is 23.5 Å². The van der Waals surface area contributed by atoms with E-state index in [0.29, 0.717) is 0 Å². The maximum atomic E-state index is 5.84. The van der Waals surface area contributed by atoms with E-state index >= 15 is 0 Å². The van der Waals surface area contributed by atoms with Gasteiger partial charge in [0.1, 0.15) is 10.7 Å². The summed E-state index contributed by atoms with van der Waals surface area (Å²) in [5.41, 5.74) is 7.63. The molecule has 78 valence electrons. The SMILES string of the molecule is Cc1nc(-c2cnccn2)sc1C(C)N. The van der Waals surface area contributed by atoms with Crippen molar-refractivity contribution in [3.8, 4) is 10.7 Å². The Morgan fingerprint density at radius 3 is 2.73 bits per heavy atom. The van der Waals surface area contributed by atoms with Crippen molar-refractivity contribution in [3.63, 3.8) is 0 Å². The molecule has 0 aromatic carbocycles. The van der Waals surface area contributed by atoms with Crippen molar-refractivity contribution in [2.24, 2.45) is 5.73 Å². The summed E-state index contributed by atoms with van der Waals surface area (Å²) >= 11 is 1.58. The van der Waals surface area contributed by atoms with Crippen molar-refractivity contribution in [1.29, 1.82) is 0 Å². The van der Waals surface area contributed by atoms with Crippen molar-refractivity contribution in [2.45, 2.75) is 19.9 Å². The second kappa shape index (κ2) is 4.04. The van der Waals surface area contributed by atoms with Crippen LogP contribution in [-0.2, 0) is 0 Å². The first-order valence-corrected chi connectivity index (χ1v) is 5.49. The molecule has 2 aromatic heterocycles. The van der Waals surface area contributed by atoms with Crippen molar-refractivity contribution in [3.05, 3.63) is 29.2 Å². The summed E-state index contributed by atoms with van der Waals surface area (Å²) < 4.78 is 0. The van der Waals surface area contributed by atoms with Crippen molar-refractivity contribution in [2.75, 3.05) is 0 Å². The Morgan fingerprint density at radius 2 is 2.20 bits per heavy atom. The molecular weight excluding hydrogens is 208 g/mol. The lowest BCUT2D eigenvalue weighted by Gasteiger charge is -1.99. The van der Waals surface area contributed by atoms with Crippen LogP contribution in [-0.4, -0.2) is 15.0 Å². The van der Waals surface area contributed by atoms with E-state index in [2.05, 4.69) is 15.0 Å². The highest BCUT2D eigenvalue weighted by Crippen LogP contribution is 2.29. The quantitative estimate of drug-likeness (QED) is 0.839. The zero-order valence-electron chi connectivity index (χ0n) is 8.64. The summed E-state index contributed by atoms with van der Waals surface area (Å²) in [4.78, 5) is 13.8. The lowest BCUT2D eigenvalue weighted by Crippen LogP contribution is -2.03. The van der Waals surface area contributed by atoms with Crippen LogP contribution in [0.4, 0.5) is 0 Å². The number of hydrogen-bond acceptors (Lipinski definition) is 5. The van der Waals surface area contributed by atoms with Crippen LogP contribution in [0.2, 0.25) is 0 Å². The third kappa shape index (κ3) is 2.03. The first kappa shape index (κ1) is 10.2. The molecule has 0 bridgehead atoms. The van der Waals surface area contributed by atoms with Gasteiger partial charge in [0.2, 0.25) is 0 Å². The fraction of sp³-hybridized carbons (Fsp3) is 0.300. The van der Waals surface area contributed by atoms with E-state index in [-0.39, 0.29) is 6.04 Å². The number of hydrogen-bond donors (Lipinski definition) is 1. The third-order valence-corrected chi connectivity index (χ3v) is 3.41. The molecule has 2 rings (SSSR count). The molecule has 15 heavy (non-hydrogen) atoms. The Kier molecular flexibility index (Phi) is 2.75. The van der Waals surface area contributed by atoms with Gasteiger partial charge in [-0.1, -0.05) is 0 Å². The molecule has 0 amide bonds.